The molecule has 6 rings (SSSR count). The fourth-order valence-corrected chi connectivity index (χ4v) is 5.65. The third-order valence-corrected chi connectivity index (χ3v) is 7.42. The maximum atomic E-state index is 16.2. The van der Waals surface area contributed by atoms with E-state index in [9.17, 15) is 9.90 Å². The average Bonchev–Trinajstić information content (AvgIpc) is 3.19. The maximum Gasteiger partial charge on any atom is 0.273 e. The number of hydrogen-bond donors (Lipinski definition) is 1. The van der Waals surface area contributed by atoms with Gasteiger partial charge in [-0.05, 0) is 71.5 Å². The van der Waals surface area contributed by atoms with Gasteiger partial charge in [0.2, 0.25) is 5.28 Å². The zero-order valence-corrected chi connectivity index (χ0v) is 22.0. The smallest absolute Gasteiger partial charge is 0.273 e. The zero-order chi connectivity index (χ0) is 27.4. The number of benzene rings is 3. The molecule has 0 fully saturated rings. The molecule has 1 atom stereocenters. The lowest BCUT2D eigenvalue weighted by Crippen LogP contribution is -2.22. The minimum atomic E-state index is -0.871. The number of halogens is 3. The Morgan fingerprint density at radius 2 is 1.90 bits per heavy atom. The summed E-state index contributed by atoms with van der Waals surface area (Å²) in [6.45, 7) is 0.612. The van der Waals surface area contributed by atoms with Crippen LogP contribution >= 0.6 is 11.6 Å². The standard InChI is InChI=1S/C29H24ClF2N5O2/c1-36(2)28(39)23-12-17-10-16(7-5-9-37(17)35-23)26-21-14-22(31)24(25(32)27(21)34-29(30)33-26)20-13-18(38)11-15-6-3-4-8-19(15)20/h3-4,6,8,11-14,16,38H,5,7,9-10H2,1-2H3. The summed E-state index contributed by atoms with van der Waals surface area (Å²) in [5.41, 5.74) is 1.48. The Balaban J connectivity index is 1.49. The fourth-order valence-electron chi connectivity index (χ4n) is 5.47. The van der Waals surface area contributed by atoms with Gasteiger partial charge in [-0.3, -0.25) is 9.48 Å². The predicted octanol–water partition coefficient (Wildman–Crippen LogP) is 6.11. The molecule has 1 aliphatic rings. The molecule has 198 valence electrons. The van der Waals surface area contributed by atoms with Crippen molar-refractivity contribution < 1.29 is 18.7 Å². The third-order valence-electron chi connectivity index (χ3n) is 7.25. The Kier molecular flexibility index (Phi) is 6.18. The number of aryl methyl sites for hydroxylation is 1. The van der Waals surface area contributed by atoms with Crippen LogP contribution in [0.3, 0.4) is 0 Å². The van der Waals surface area contributed by atoms with Gasteiger partial charge in [0.15, 0.2) is 11.5 Å². The highest BCUT2D eigenvalue weighted by molar-refractivity contribution is 6.28. The van der Waals surface area contributed by atoms with Crippen LogP contribution < -0.4 is 0 Å². The molecule has 0 radical (unpaired) electrons. The van der Waals surface area contributed by atoms with Crippen molar-refractivity contribution in [3.63, 3.8) is 0 Å². The number of phenols is 1. The van der Waals surface area contributed by atoms with E-state index in [4.69, 9.17) is 11.6 Å². The highest BCUT2D eigenvalue weighted by atomic mass is 35.5. The molecule has 0 spiro atoms. The summed E-state index contributed by atoms with van der Waals surface area (Å²) in [5, 5.41) is 16.1. The van der Waals surface area contributed by atoms with E-state index in [1.165, 1.54) is 17.0 Å². The van der Waals surface area contributed by atoms with Crippen LogP contribution in [0.15, 0.2) is 48.5 Å². The minimum Gasteiger partial charge on any atom is -0.508 e. The Morgan fingerprint density at radius 1 is 1.10 bits per heavy atom. The van der Waals surface area contributed by atoms with E-state index >= 15 is 8.78 Å². The molecular formula is C29H24ClF2N5O2. The van der Waals surface area contributed by atoms with Gasteiger partial charge in [0.05, 0.1) is 11.3 Å². The maximum absolute atomic E-state index is 16.2. The lowest BCUT2D eigenvalue weighted by molar-refractivity contribution is 0.0821. The van der Waals surface area contributed by atoms with Crippen LogP contribution in [0.2, 0.25) is 5.28 Å². The SMILES string of the molecule is CN(C)C(=O)c1cc2n(n1)CCCC(c1nc(Cl)nc3c(F)c(-c4cc(O)cc5ccccc45)c(F)cc13)C2. The van der Waals surface area contributed by atoms with Crippen LogP contribution in [0, 0.1) is 11.6 Å². The first-order chi connectivity index (χ1) is 18.7. The number of fused-ring (bicyclic) bond motifs is 3. The van der Waals surface area contributed by atoms with Crippen molar-refractivity contribution >= 4 is 39.2 Å². The molecule has 2 aromatic heterocycles. The molecular weight excluding hydrogens is 524 g/mol. The van der Waals surface area contributed by atoms with Crippen LogP contribution in [0.5, 0.6) is 5.75 Å². The van der Waals surface area contributed by atoms with E-state index in [0.717, 1.165) is 12.1 Å². The van der Waals surface area contributed by atoms with Gasteiger partial charge in [0.1, 0.15) is 17.1 Å². The van der Waals surface area contributed by atoms with E-state index < -0.39 is 11.6 Å². The average molecular weight is 548 g/mol. The van der Waals surface area contributed by atoms with Crippen molar-refractivity contribution in [2.24, 2.45) is 0 Å². The van der Waals surface area contributed by atoms with E-state index in [1.54, 1.807) is 50.5 Å². The number of aromatic nitrogens is 4. The molecule has 5 aromatic rings. The molecule has 0 saturated heterocycles. The van der Waals surface area contributed by atoms with Crippen LogP contribution in [0.4, 0.5) is 8.78 Å². The number of hydrogen-bond acceptors (Lipinski definition) is 5. The Bertz CT molecular complexity index is 1790. The van der Waals surface area contributed by atoms with Gasteiger partial charge in [-0.25, -0.2) is 18.7 Å². The second kappa shape index (κ2) is 9.57. The summed E-state index contributed by atoms with van der Waals surface area (Å²) in [6, 6.07) is 13.0. The van der Waals surface area contributed by atoms with E-state index in [0.29, 0.717) is 41.5 Å². The molecule has 1 aliphatic heterocycles. The van der Waals surface area contributed by atoms with Crippen molar-refractivity contribution in [2.45, 2.75) is 31.7 Å². The first kappa shape index (κ1) is 25.2. The summed E-state index contributed by atoms with van der Waals surface area (Å²) in [7, 11) is 3.34. The summed E-state index contributed by atoms with van der Waals surface area (Å²) in [4.78, 5) is 22.5. The lowest BCUT2D eigenvalue weighted by Gasteiger charge is -2.18. The van der Waals surface area contributed by atoms with E-state index in [1.807, 2.05) is 4.68 Å². The number of nitrogens with zero attached hydrogens (tertiary/aromatic N) is 5. The Hall–Kier alpha value is -4.11. The fraction of sp³-hybridized carbons (Fsp3) is 0.241. The topological polar surface area (TPSA) is 84.1 Å². The molecule has 3 heterocycles. The van der Waals surface area contributed by atoms with E-state index in [2.05, 4.69) is 15.1 Å². The summed E-state index contributed by atoms with van der Waals surface area (Å²) in [6.07, 6.45) is 1.89. The second-order valence-electron chi connectivity index (χ2n) is 10.0. The van der Waals surface area contributed by atoms with Gasteiger partial charge < -0.3 is 10.0 Å². The molecule has 1 amide bonds. The summed E-state index contributed by atoms with van der Waals surface area (Å²) >= 11 is 6.30. The molecule has 3 aromatic carbocycles. The molecule has 10 heteroatoms. The highest BCUT2D eigenvalue weighted by Crippen LogP contribution is 2.40. The molecule has 1 N–H and O–H groups in total. The molecule has 7 nitrogen and oxygen atoms in total. The zero-order valence-electron chi connectivity index (χ0n) is 21.3. The third kappa shape index (κ3) is 4.36. The first-order valence-electron chi connectivity index (χ1n) is 12.6. The molecule has 39 heavy (non-hydrogen) atoms. The van der Waals surface area contributed by atoms with Gasteiger partial charge in [0, 0.05) is 37.6 Å². The number of aromatic hydroxyl groups is 1. The van der Waals surface area contributed by atoms with Crippen LogP contribution in [-0.2, 0) is 13.0 Å². The highest BCUT2D eigenvalue weighted by Gasteiger charge is 2.28. The van der Waals surface area contributed by atoms with Gasteiger partial charge in [0.25, 0.3) is 5.91 Å². The first-order valence-corrected chi connectivity index (χ1v) is 12.9. The molecule has 1 unspecified atom stereocenters. The predicted molar refractivity (Wildman–Crippen MR) is 145 cm³/mol. The monoisotopic (exact) mass is 547 g/mol. The van der Waals surface area contributed by atoms with Gasteiger partial charge in [-0.2, -0.15) is 5.10 Å². The number of phenolic OH excluding ortho intramolecular Hbond substituents is 1. The van der Waals surface area contributed by atoms with Crippen molar-refractivity contribution in [1.29, 1.82) is 0 Å². The number of amides is 1. The van der Waals surface area contributed by atoms with E-state index in [-0.39, 0.29) is 44.9 Å². The molecule has 0 aliphatic carbocycles. The van der Waals surface area contributed by atoms with Gasteiger partial charge in [-0.15, -0.1) is 0 Å². The number of carbonyl (C=O) groups is 1. The van der Waals surface area contributed by atoms with Crippen molar-refractivity contribution in [3.8, 4) is 16.9 Å². The van der Waals surface area contributed by atoms with Crippen molar-refractivity contribution in [2.75, 3.05) is 14.1 Å². The normalized spacial score (nSPS) is 15.4. The summed E-state index contributed by atoms with van der Waals surface area (Å²) < 4.78 is 33.8. The molecule has 0 saturated carbocycles. The van der Waals surface area contributed by atoms with Gasteiger partial charge >= 0.3 is 0 Å². The Morgan fingerprint density at radius 3 is 2.69 bits per heavy atom. The minimum absolute atomic E-state index is 0.0879. The van der Waals surface area contributed by atoms with Crippen LogP contribution in [0.25, 0.3) is 32.8 Å². The molecule has 0 bridgehead atoms. The quantitative estimate of drug-likeness (QED) is 0.276. The van der Waals surface area contributed by atoms with Crippen molar-refractivity contribution in [3.05, 3.63) is 82.5 Å². The second-order valence-corrected chi connectivity index (χ2v) is 10.4. The number of carbonyl (C=O) groups excluding carboxylic acids is 1. The van der Waals surface area contributed by atoms with Crippen LogP contribution in [0.1, 0.15) is 40.6 Å². The van der Waals surface area contributed by atoms with Gasteiger partial charge in [-0.1, -0.05) is 24.3 Å². The number of rotatable bonds is 3. The Labute approximate surface area is 227 Å². The van der Waals surface area contributed by atoms with Crippen molar-refractivity contribution in [1.82, 2.24) is 24.6 Å². The van der Waals surface area contributed by atoms with Crippen LogP contribution in [-0.4, -0.2) is 49.8 Å². The summed E-state index contributed by atoms with van der Waals surface area (Å²) in [5.74, 6) is -2.19. The largest absolute Gasteiger partial charge is 0.508 e. The lowest BCUT2D eigenvalue weighted by atomic mass is 9.90.